The predicted molar refractivity (Wildman–Crippen MR) is 70.8 cm³/mol. The number of nitrogens with one attached hydrogen (secondary N) is 1. The fourth-order valence-corrected chi connectivity index (χ4v) is 3.65. The van der Waals surface area contributed by atoms with Gasteiger partial charge in [-0.1, -0.05) is 6.07 Å². The van der Waals surface area contributed by atoms with Crippen LogP contribution in [0.15, 0.2) is 16.5 Å². The molecule has 0 amide bonds. The van der Waals surface area contributed by atoms with E-state index >= 15 is 0 Å². The zero-order valence-corrected chi connectivity index (χ0v) is 10.9. The maximum atomic E-state index is 6.04. The smallest absolute Gasteiger partial charge is 0.200 e. The third kappa shape index (κ3) is 1.43. The van der Waals surface area contributed by atoms with Gasteiger partial charge in [-0.05, 0) is 50.3 Å². The van der Waals surface area contributed by atoms with E-state index in [0.717, 1.165) is 17.0 Å². The summed E-state index contributed by atoms with van der Waals surface area (Å²) >= 11 is 0. The largest absolute Gasteiger partial charge is 0.440 e. The monoisotopic (exact) mass is 242 g/mol. The Morgan fingerprint density at radius 3 is 2.89 bits per heavy atom. The molecular weight excluding hydrogens is 224 g/mol. The summed E-state index contributed by atoms with van der Waals surface area (Å²) in [5, 5.41) is 3.65. The third-order valence-electron chi connectivity index (χ3n) is 4.45. The first kappa shape index (κ1) is 10.6. The molecule has 0 saturated carbocycles. The lowest BCUT2D eigenvalue weighted by atomic mass is 9.89. The molecule has 18 heavy (non-hydrogen) atoms. The third-order valence-corrected chi connectivity index (χ3v) is 4.45. The first-order valence-electron chi connectivity index (χ1n) is 6.84. The van der Waals surface area contributed by atoms with E-state index in [9.17, 15) is 0 Å². The quantitative estimate of drug-likeness (QED) is 0.835. The van der Waals surface area contributed by atoms with E-state index in [4.69, 9.17) is 9.40 Å². The van der Waals surface area contributed by atoms with Gasteiger partial charge < -0.3 is 9.73 Å². The van der Waals surface area contributed by atoms with Crippen LogP contribution in [-0.4, -0.2) is 17.1 Å². The van der Waals surface area contributed by atoms with E-state index in [1.54, 1.807) is 0 Å². The molecule has 2 aliphatic rings. The highest BCUT2D eigenvalue weighted by Crippen LogP contribution is 2.40. The summed E-state index contributed by atoms with van der Waals surface area (Å²) in [4.78, 5) is 4.73. The number of hydrogen-bond donors (Lipinski definition) is 1. The number of hydrogen-bond acceptors (Lipinski definition) is 3. The molecule has 0 radical (unpaired) electrons. The van der Waals surface area contributed by atoms with Gasteiger partial charge in [-0.25, -0.2) is 4.98 Å². The highest BCUT2D eigenvalue weighted by molar-refractivity contribution is 5.77. The van der Waals surface area contributed by atoms with E-state index in [1.807, 2.05) is 0 Å². The minimum atomic E-state index is 0.482. The highest BCUT2D eigenvalue weighted by Gasteiger charge is 2.42. The number of fused-ring (bicyclic) bond motifs is 3. The van der Waals surface area contributed by atoms with Crippen molar-refractivity contribution in [1.82, 2.24) is 10.3 Å². The highest BCUT2D eigenvalue weighted by atomic mass is 16.3. The molecule has 2 fully saturated rings. The van der Waals surface area contributed by atoms with Gasteiger partial charge in [0.05, 0.1) is 5.92 Å². The second-order valence-corrected chi connectivity index (χ2v) is 5.87. The Bertz CT molecular complexity index is 616. The lowest BCUT2D eigenvalue weighted by Gasteiger charge is -2.15. The number of nitrogens with zero attached hydrogens (tertiary/aromatic N) is 1. The fraction of sp³-hybridized carbons (Fsp3) is 0.533. The molecule has 0 aliphatic carbocycles. The van der Waals surface area contributed by atoms with Crippen molar-refractivity contribution >= 4 is 11.1 Å². The molecule has 94 valence electrons. The average molecular weight is 242 g/mol. The molecule has 3 unspecified atom stereocenters. The summed E-state index contributed by atoms with van der Waals surface area (Å²) in [5.74, 6) is 1.43. The summed E-state index contributed by atoms with van der Waals surface area (Å²) in [6.45, 7) is 4.21. The number of rotatable bonds is 1. The van der Waals surface area contributed by atoms with Gasteiger partial charge in [-0.2, -0.15) is 0 Å². The van der Waals surface area contributed by atoms with Crippen LogP contribution in [0.1, 0.15) is 42.2 Å². The standard InChI is InChI=1S/C15H18N2O/c1-8-5-9(2)14-13(6-8)17-15(18-14)11-7-10-3-4-12(11)16-10/h5-6,10-12,16H,3-4,7H2,1-2H3. The van der Waals surface area contributed by atoms with Crippen molar-refractivity contribution in [3.63, 3.8) is 0 Å². The van der Waals surface area contributed by atoms with Crippen LogP contribution >= 0.6 is 0 Å². The second-order valence-electron chi connectivity index (χ2n) is 5.87. The molecule has 3 heterocycles. The zero-order chi connectivity index (χ0) is 12.3. The molecule has 2 saturated heterocycles. The lowest BCUT2D eigenvalue weighted by molar-refractivity contribution is 0.407. The molecule has 0 spiro atoms. The van der Waals surface area contributed by atoms with Crippen molar-refractivity contribution in [2.45, 2.75) is 51.1 Å². The summed E-state index contributed by atoms with van der Waals surface area (Å²) in [7, 11) is 0. The van der Waals surface area contributed by atoms with Gasteiger partial charge in [0.15, 0.2) is 11.5 Å². The first-order chi connectivity index (χ1) is 8.70. The molecule has 2 aliphatic heterocycles. The molecule has 3 nitrogen and oxygen atoms in total. The Hall–Kier alpha value is -1.35. The Labute approximate surface area is 107 Å². The van der Waals surface area contributed by atoms with E-state index in [1.165, 1.54) is 30.4 Å². The van der Waals surface area contributed by atoms with Gasteiger partial charge in [-0.15, -0.1) is 0 Å². The summed E-state index contributed by atoms with van der Waals surface area (Å²) < 4.78 is 6.04. The van der Waals surface area contributed by atoms with E-state index in [2.05, 4.69) is 31.3 Å². The average Bonchev–Trinajstić information content (AvgIpc) is 3.01. The first-order valence-corrected chi connectivity index (χ1v) is 6.84. The molecule has 2 bridgehead atoms. The molecule has 1 aromatic carbocycles. The Kier molecular flexibility index (Phi) is 2.10. The van der Waals surface area contributed by atoms with Crippen LogP contribution in [-0.2, 0) is 0 Å². The number of oxazole rings is 1. The van der Waals surface area contributed by atoms with E-state index in [-0.39, 0.29) is 0 Å². The zero-order valence-electron chi connectivity index (χ0n) is 10.9. The van der Waals surface area contributed by atoms with Crippen molar-refractivity contribution in [3.05, 3.63) is 29.2 Å². The minimum Gasteiger partial charge on any atom is -0.440 e. The van der Waals surface area contributed by atoms with Crippen molar-refractivity contribution in [2.75, 3.05) is 0 Å². The van der Waals surface area contributed by atoms with Crippen LogP contribution in [0.5, 0.6) is 0 Å². The maximum absolute atomic E-state index is 6.04. The van der Waals surface area contributed by atoms with Gasteiger partial charge in [0.2, 0.25) is 0 Å². The maximum Gasteiger partial charge on any atom is 0.200 e. The molecular formula is C15H18N2O. The van der Waals surface area contributed by atoms with Crippen molar-refractivity contribution in [3.8, 4) is 0 Å². The Morgan fingerprint density at radius 2 is 2.17 bits per heavy atom. The molecule has 3 atom stereocenters. The normalized spacial score (nSPS) is 30.4. The predicted octanol–water partition coefficient (Wildman–Crippen LogP) is 3.05. The summed E-state index contributed by atoms with van der Waals surface area (Å²) in [6.07, 6.45) is 3.78. The van der Waals surface area contributed by atoms with E-state index < -0.39 is 0 Å². The van der Waals surface area contributed by atoms with Crippen LogP contribution < -0.4 is 5.32 Å². The summed E-state index contributed by atoms with van der Waals surface area (Å²) in [6, 6.07) is 5.56. The van der Waals surface area contributed by atoms with Crippen LogP contribution in [0.3, 0.4) is 0 Å². The minimum absolute atomic E-state index is 0.482. The van der Waals surface area contributed by atoms with Crippen LogP contribution in [0.2, 0.25) is 0 Å². The molecule has 4 rings (SSSR count). The second kappa shape index (κ2) is 3.58. The molecule has 1 N–H and O–H groups in total. The molecule has 2 aromatic rings. The topological polar surface area (TPSA) is 38.1 Å². The van der Waals surface area contributed by atoms with Crippen molar-refractivity contribution in [2.24, 2.45) is 0 Å². The van der Waals surface area contributed by atoms with Gasteiger partial charge in [0.25, 0.3) is 0 Å². The van der Waals surface area contributed by atoms with Crippen LogP contribution in [0.25, 0.3) is 11.1 Å². The lowest BCUT2D eigenvalue weighted by Crippen LogP contribution is -2.21. The Morgan fingerprint density at radius 1 is 1.28 bits per heavy atom. The SMILES string of the molecule is Cc1cc(C)c2oc(C3CC4CCC3N4)nc2c1. The number of benzene rings is 1. The van der Waals surface area contributed by atoms with Crippen molar-refractivity contribution in [1.29, 1.82) is 0 Å². The number of aryl methyl sites for hydroxylation is 2. The fourth-order valence-electron chi connectivity index (χ4n) is 3.65. The molecule has 3 heteroatoms. The van der Waals surface area contributed by atoms with Gasteiger partial charge in [-0.3, -0.25) is 0 Å². The van der Waals surface area contributed by atoms with Crippen molar-refractivity contribution < 1.29 is 4.42 Å². The van der Waals surface area contributed by atoms with Gasteiger partial charge in [0, 0.05) is 12.1 Å². The van der Waals surface area contributed by atoms with Crippen LogP contribution in [0, 0.1) is 13.8 Å². The van der Waals surface area contributed by atoms with Gasteiger partial charge >= 0.3 is 0 Å². The van der Waals surface area contributed by atoms with Gasteiger partial charge in [0.1, 0.15) is 5.52 Å². The Balaban J connectivity index is 1.80. The van der Waals surface area contributed by atoms with Crippen LogP contribution in [0.4, 0.5) is 0 Å². The molecule has 1 aromatic heterocycles. The number of aromatic nitrogens is 1. The van der Waals surface area contributed by atoms with E-state index in [0.29, 0.717) is 18.0 Å². The summed E-state index contributed by atoms with van der Waals surface area (Å²) in [5.41, 5.74) is 4.44.